The van der Waals surface area contributed by atoms with Crippen LogP contribution < -0.4 is 0 Å². The van der Waals surface area contributed by atoms with Gasteiger partial charge in [-0.05, 0) is 43.4 Å². The van der Waals surface area contributed by atoms with Crippen molar-refractivity contribution >= 4 is 22.6 Å². The lowest BCUT2D eigenvalue weighted by atomic mass is 9.97. The number of hydrogen-bond acceptors (Lipinski definition) is 2. The first-order chi connectivity index (χ1) is 9.31. The van der Waals surface area contributed by atoms with E-state index in [1.807, 2.05) is 24.3 Å². The number of rotatable bonds is 1. The van der Waals surface area contributed by atoms with Gasteiger partial charge in [-0.2, -0.15) is 0 Å². The lowest BCUT2D eigenvalue weighted by molar-refractivity contribution is 0.174. The second-order valence-corrected chi connectivity index (χ2v) is 4.87. The molecule has 0 saturated heterocycles. The van der Waals surface area contributed by atoms with Crippen molar-refractivity contribution in [2.24, 2.45) is 0 Å². The van der Waals surface area contributed by atoms with E-state index in [1.165, 1.54) is 25.5 Å². The van der Waals surface area contributed by atoms with Crippen LogP contribution in [0.25, 0.3) is 16.5 Å². The van der Waals surface area contributed by atoms with Crippen LogP contribution in [0.5, 0.6) is 0 Å². The molecule has 1 aliphatic rings. The third-order valence-electron chi connectivity index (χ3n) is 3.69. The van der Waals surface area contributed by atoms with Gasteiger partial charge in [0.05, 0.1) is 18.3 Å². The van der Waals surface area contributed by atoms with Crippen LogP contribution in [0.3, 0.4) is 0 Å². The summed E-state index contributed by atoms with van der Waals surface area (Å²) in [5.41, 5.74) is 3.15. The molecule has 0 spiro atoms. The zero-order valence-corrected chi connectivity index (χ0v) is 11.1. The Labute approximate surface area is 112 Å². The molecular weight excluding hydrogens is 238 g/mol. The van der Waals surface area contributed by atoms with E-state index in [2.05, 4.69) is 12.1 Å². The van der Waals surface area contributed by atoms with E-state index in [0.29, 0.717) is 0 Å². The summed E-state index contributed by atoms with van der Waals surface area (Å²) in [6, 6.07) is 10.0. The van der Waals surface area contributed by atoms with Crippen LogP contribution in [0.2, 0.25) is 0 Å². The minimum atomic E-state index is -0.317. The highest BCUT2D eigenvalue weighted by Gasteiger charge is 2.18. The van der Waals surface area contributed by atoms with Gasteiger partial charge in [-0.15, -0.1) is 0 Å². The van der Waals surface area contributed by atoms with Gasteiger partial charge in [0, 0.05) is 5.39 Å². The highest BCUT2D eigenvalue weighted by Crippen LogP contribution is 2.31. The average Bonchev–Trinajstić information content (AvgIpc) is 2.87. The molecule has 1 aromatic carbocycles. The number of benzene rings is 1. The highest BCUT2D eigenvalue weighted by molar-refractivity contribution is 5.94. The molecule has 3 heteroatoms. The van der Waals surface area contributed by atoms with Gasteiger partial charge in [-0.3, -0.25) is 0 Å². The minimum absolute atomic E-state index is 0.317. The molecule has 0 saturated carbocycles. The molecule has 0 N–H and O–H groups in total. The molecule has 0 radical (unpaired) electrons. The number of para-hydroxylation sites is 1. The van der Waals surface area contributed by atoms with Crippen molar-refractivity contribution in [2.45, 2.75) is 25.7 Å². The Balaban J connectivity index is 2.22. The molecule has 2 aromatic rings. The number of allylic oxidation sites excluding steroid dienone is 2. The Bertz CT molecular complexity index is 652. The van der Waals surface area contributed by atoms with E-state index in [1.54, 1.807) is 4.57 Å². The SMILES string of the molecule is COC(=O)n1c(C2=CCCCC2)cc2ccccc21. The zero-order valence-electron chi connectivity index (χ0n) is 11.1. The zero-order chi connectivity index (χ0) is 13.2. The fourth-order valence-corrected chi connectivity index (χ4v) is 2.75. The maximum Gasteiger partial charge on any atom is 0.418 e. The Kier molecular flexibility index (Phi) is 3.11. The summed E-state index contributed by atoms with van der Waals surface area (Å²) in [5.74, 6) is 0. The van der Waals surface area contributed by atoms with E-state index in [4.69, 9.17) is 4.74 Å². The van der Waals surface area contributed by atoms with Gasteiger partial charge in [0.1, 0.15) is 0 Å². The lowest BCUT2D eigenvalue weighted by Gasteiger charge is -2.14. The summed E-state index contributed by atoms with van der Waals surface area (Å²) < 4.78 is 6.62. The summed E-state index contributed by atoms with van der Waals surface area (Å²) in [6.45, 7) is 0. The number of methoxy groups -OCH3 is 1. The van der Waals surface area contributed by atoms with Gasteiger partial charge >= 0.3 is 6.09 Å². The average molecular weight is 255 g/mol. The normalized spacial score (nSPS) is 15.3. The van der Waals surface area contributed by atoms with Crippen LogP contribution in [-0.4, -0.2) is 17.8 Å². The number of fused-ring (bicyclic) bond motifs is 1. The van der Waals surface area contributed by atoms with Gasteiger partial charge < -0.3 is 4.74 Å². The molecule has 0 bridgehead atoms. The van der Waals surface area contributed by atoms with Crippen molar-refractivity contribution in [3.05, 3.63) is 42.1 Å². The maximum absolute atomic E-state index is 12.1. The molecule has 19 heavy (non-hydrogen) atoms. The third kappa shape index (κ3) is 2.05. The van der Waals surface area contributed by atoms with Crippen molar-refractivity contribution in [1.82, 2.24) is 4.57 Å². The Morgan fingerprint density at radius 3 is 2.84 bits per heavy atom. The number of hydrogen-bond donors (Lipinski definition) is 0. The van der Waals surface area contributed by atoms with Crippen molar-refractivity contribution in [3.63, 3.8) is 0 Å². The van der Waals surface area contributed by atoms with Crippen LogP contribution in [0.1, 0.15) is 31.4 Å². The van der Waals surface area contributed by atoms with E-state index in [-0.39, 0.29) is 6.09 Å². The van der Waals surface area contributed by atoms with Crippen molar-refractivity contribution < 1.29 is 9.53 Å². The quantitative estimate of drug-likeness (QED) is 0.764. The van der Waals surface area contributed by atoms with Crippen LogP contribution in [0, 0.1) is 0 Å². The Morgan fingerprint density at radius 2 is 2.11 bits per heavy atom. The summed E-state index contributed by atoms with van der Waals surface area (Å²) in [5, 5.41) is 1.08. The summed E-state index contributed by atoms with van der Waals surface area (Å²) >= 11 is 0. The predicted molar refractivity (Wildman–Crippen MR) is 76.2 cm³/mol. The Hall–Kier alpha value is -2.03. The number of carbonyl (C=O) groups excluding carboxylic acids is 1. The third-order valence-corrected chi connectivity index (χ3v) is 3.69. The molecule has 0 fully saturated rings. The number of nitrogens with zero attached hydrogens (tertiary/aromatic N) is 1. The number of ether oxygens (including phenoxy) is 1. The second-order valence-electron chi connectivity index (χ2n) is 4.87. The van der Waals surface area contributed by atoms with Gasteiger partial charge in [0.25, 0.3) is 0 Å². The molecule has 0 aliphatic heterocycles. The number of aromatic nitrogens is 1. The maximum atomic E-state index is 12.1. The molecule has 98 valence electrons. The minimum Gasteiger partial charge on any atom is -0.452 e. The van der Waals surface area contributed by atoms with Gasteiger partial charge in [-0.1, -0.05) is 24.3 Å². The van der Waals surface area contributed by atoms with Gasteiger partial charge in [0.15, 0.2) is 0 Å². The number of carbonyl (C=O) groups is 1. The first-order valence-corrected chi connectivity index (χ1v) is 6.69. The van der Waals surface area contributed by atoms with E-state index in [9.17, 15) is 4.79 Å². The van der Waals surface area contributed by atoms with Crippen LogP contribution >= 0.6 is 0 Å². The first kappa shape index (κ1) is 12.0. The van der Waals surface area contributed by atoms with E-state index in [0.717, 1.165) is 29.4 Å². The summed E-state index contributed by atoms with van der Waals surface area (Å²) in [4.78, 5) is 12.1. The van der Waals surface area contributed by atoms with Crippen molar-refractivity contribution in [2.75, 3.05) is 7.11 Å². The molecule has 1 aliphatic carbocycles. The fourth-order valence-electron chi connectivity index (χ4n) is 2.75. The van der Waals surface area contributed by atoms with Crippen LogP contribution in [-0.2, 0) is 4.74 Å². The molecule has 1 aromatic heterocycles. The fraction of sp³-hybridized carbons (Fsp3) is 0.312. The molecule has 3 rings (SSSR count). The van der Waals surface area contributed by atoms with E-state index >= 15 is 0 Å². The van der Waals surface area contributed by atoms with Crippen molar-refractivity contribution in [1.29, 1.82) is 0 Å². The summed E-state index contributed by atoms with van der Waals surface area (Å²) in [6.07, 6.45) is 6.49. The monoisotopic (exact) mass is 255 g/mol. The smallest absolute Gasteiger partial charge is 0.418 e. The molecular formula is C16H17NO2. The molecule has 0 atom stereocenters. The standard InChI is InChI=1S/C16H17NO2/c1-19-16(18)17-14-10-6-5-9-13(14)11-15(17)12-7-3-2-4-8-12/h5-7,9-11H,2-4,8H2,1H3. The van der Waals surface area contributed by atoms with Gasteiger partial charge in [0.2, 0.25) is 0 Å². The largest absolute Gasteiger partial charge is 0.452 e. The molecule has 3 nitrogen and oxygen atoms in total. The topological polar surface area (TPSA) is 31.2 Å². The van der Waals surface area contributed by atoms with Crippen LogP contribution in [0.4, 0.5) is 4.79 Å². The predicted octanol–water partition coefficient (Wildman–Crippen LogP) is 4.21. The molecule has 1 heterocycles. The molecule has 0 unspecified atom stereocenters. The van der Waals surface area contributed by atoms with Crippen LogP contribution in [0.15, 0.2) is 36.4 Å². The van der Waals surface area contributed by atoms with Crippen molar-refractivity contribution in [3.8, 4) is 0 Å². The van der Waals surface area contributed by atoms with E-state index < -0.39 is 0 Å². The lowest BCUT2D eigenvalue weighted by Crippen LogP contribution is -2.14. The summed E-state index contributed by atoms with van der Waals surface area (Å²) in [7, 11) is 1.43. The Morgan fingerprint density at radius 1 is 1.26 bits per heavy atom. The first-order valence-electron chi connectivity index (χ1n) is 6.69. The van der Waals surface area contributed by atoms with Gasteiger partial charge in [-0.25, -0.2) is 9.36 Å². The second kappa shape index (κ2) is 4.92. The highest BCUT2D eigenvalue weighted by atomic mass is 16.5. The molecule has 0 amide bonds.